The van der Waals surface area contributed by atoms with E-state index in [-0.39, 0.29) is 49.3 Å². The Hall–Kier alpha value is -6.94. The van der Waals surface area contributed by atoms with Crippen molar-refractivity contribution < 1.29 is 28.8 Å². The molecule has 0 saturated carbocycles. The van der Waals surface area contributed by atoms with Gasteiger partial charge in [0, 0.05) is 59.2 Å². The molecule has 2 N–H and O–H groups in total. The summed E-state index contributed by atoms with van der Waals surface area (Å²) in [4.78, 5) is 76.5. The zero-order chi connectivity index (χ0) is 45.1. The smallest absolute Gasteiger partial charge is 0.261 e. The van der Waals surface area contributed by atoms with Crippen molar-refractivity contribution in [1.29, 1.82) is 0 Å². The highest BCUT2D eigenvalue weighted by Crippen LogP contribution is 2.46. The standard InChI is InChI=1S/C28H18N2O4.C13H12.C7H14N2O2.2C2H6.CH4/c1-3-29-25(31)17-9-5-13-15-7-11-19-24-20(28(34)30(4-2)27(19)33)12-8-16(22(15)24)14-6-10-18(26(29)32)23(17)21(13)14;1-3-7-12(8-4-1)11-13-9-5-2-6-10-13;1-3-8-6(10)5-7(11)9-4-2;2*1-2;/h5-12H,3-4H2,1-2H3;1-10H,11H2;3-5H2,1-2H3,(H,8,10)(H,9,11);2*1-2H3;1H4. The minimum absolute atomic E-state index is 0. The number of nitrogens with zero attached hydrogens (tertiary/aromatic N) is 2. The van der Waals surface area contributed by atoms with Crippen molar-refractivity contribution in [2.24, 2.45) is 0 Å². The predicted molar refractivity (Wildman–Crippen MR) is 257 cm³/mol. The molecule has 0 saturated heterocycles. The van der Waals surface area contributed by atoms with E-state index in [9.17, 15) is 28.8 Å². The van der Waals surface area contributed by atoms with Gasteiger partial charge in [-0.15, -0.1) is 0 Å². The molecule has 10 nitrogen and oxygen atoms in total. The molecule has 63 heavy (non-hydrogen) atoms. The summed E-state index contributed by atoms with van der Waals surface area (Å²) in [7, 11) is 0. The van der Waals surface area contributed by atoms with E-state index in [0.29, 0.717) is 59.2 Å². The van der Waals surface area contributed by atoms with E-state index in [1.807, 2.05) is 65.8 Å². The number of rotatable bonds is 8. The van der Waals surface area contributed by atoms with Crippen LogP contribution in [0, 0.1) is 0 Å². The van der Waals surface area contributed by atoms with Gasteiger partial charge < -0.3 is 10.6 Å². The van der Waals surface area contributed by atoms with Crippen LogP contribution in [0.2, 0.25) is 0 Å². The number of carbonyl (C=O) groups is 6. The lowest BCUT2D eigenvalue weighted by Crippen LogP contribution is -2.40. The third-order valence-electron chi connectivity index (χ3n) is 10.6. The van der Waals surface area contributed by atoms with Gasteiger partial charge in [-0.3, -0.25) is 38.6 Å². The van der Waals surface area contributed by atoms with Crippen LogP contribution in [0.15, 0.2) is 109 Å². The van der Waals surface area contributed by atoms with Crippen LogP contribution in [0.5, 0.6) is 0 Å². The molecule has 0 radical (unpaired) electrons. The molecule has 10 heteroatoms. The van der Waals surface area contributed by atoms with Gasteiger partial charge in [-0.2, -0.15) is 0 Å². The fourth-order valence-corrected chi connectivity index (χ4v) is 8.03. The summed E-state index contributed by atoms with van der Waals surface area (Å²) in [5, 5.41) is 11.8. The Morgan fingerprint density at radius 1 is 0.429 bits per heavy atom. The van der Waals surface area contributed by atoms with E-state index in [2.05, 4.69) is 71.3 Å². The molecule has 2 heterocycles. The summed E-state index contributed by atoms with van der Waals surface area (Å²) < 4.78 is 0. The van der Waals surface area contributed by atoms with E-state index in [0.717, 1.165) is 38.7 Å². The molecule has 0 atom stereocenters. The number of benzene rings is 7. The topological polar surface area (TPSA) is 133 Å². The van der Waals surface area contributed by atoms with Crippen LogP contribution in [-0.2, 0) is 16.0 Å². The van der Waals surface area contributed by atoms with Gasteiger partial charge in [-0.25, -0.2) is 0 Å². The maximum atomic E-state index is 13.1. The summed E-state index contributed by atoms with van der Waals surface area (Å²) in [6.07, 6.45) is 0.962. The number of imide groups is 2. The molecular formula is C53H60N4O6. The van der Waals surface area contributed by atoms with Crippen LogP contribution in [0.25, 0.3) is 43.1 Å². The summed E-state index contributed by atoms with van der Waals surface area (Å²) in [5.41, 5.74) is 4.83. The van der Waals surface area contributed by atoms with Gasteiger partial charge in [0.1, 0.15) is 6.42 Å². The minimum atomic E-state index is -0.282. The number of carbonyl (C=O) groups excluding carboxylic acids is 6. The van der Waals surface area contributed by atoms with Gasteiger partial charge in [0.2, 0.25) is 11.8 Å². The highest BCUT2D eigenvalue weighted by molar-refractivity contribution is 6.41. The first kappa shape index (κ1) is 48.7. The second-order valence-corrected chi connectivity index (χ2v) is 14.1. The molecule has 0 bridgehead atoms. The van der Waals surface area contributed by atoms with Crippen LogP contribution in [0.3, 0.4) is 0 Å². The quantitative estimate of drug-likeness (QED) is 0.0677. The van der Waals surface area contributed by atoms with Crippen molar-refractivity contribution in [3.05, 3.63) is 143 Å². The van der Waals surface area contributed by atoms with Crippen LogP contribution < -0.4 is 10.6 Å². The number of fused-ring (bicyclic) bond motifs is 2. The summed E-state index contributed by atoms with van der Waals surface area (Å²) in [5.74, 6) is -1.57. The molecule has 2 aliphatic rings. The Labute approximate surface area is 371 Å². The Morgan fingerprint density at radius 2 is 0.714 bits per heavy atom. The minimum Gasteiger partial charge on any atom is -0.356 e. The Bertz CT molecular complexity index is 2440. The first-order valence-corrected chi connectivity index (χ1v) is 21.7. The van der Waals surface area contributed by atoms with Crippen molar-refractivity contribution in [3.63, 3.8) is 0 Å². The maximum Gasteiger partial charge on any atom is 0.261 e. The zero-order valence-electron chi connectivity index (χ0n) is 37.0. The van der Waals surface area contributed by atoms with Crippen molar-refractivity contribution in [2.45, 2.75) is 75.7 Å². The van der Waals surface area contributed by atoms with Crippen LogP contribution >= 0.6 is 0 Å². The highest BCUT2D eigenvalue weighted by atomic mass is 16.2. The van der Waals surface area contributed by atoms with Crippen molar-refractivity contribution in [3.8, 4) is 0 Å². The van der Waals surface area contributed by atoms with Gasteiger partial charge in [0.15, 0.2) is 0 Å². The average molecular weight is 849 g/mol. The third kappa shape index (κ3) is 9.60. The zero-order valence-corrected chi connectivity index (χ0v) is 37.0. The maximum absolute atomic E-state index is 13.1. The summed E-state index contributed by atoms with van der Waals surface area (Å²) in [6, 6.07) is 35.9. The van der Waals surface area contributed by atoms with Gasteiger partial charge in [-0.1, -0.05) is 120 Å². The molecule has 0 fully saturated rings. The molecule has 0 aliphatic carbocycles. The van der Waals surface area contributed by atoms with E-state index < -0.39 is 0 Å². The van der Waals surface area contributed by atoms with Crippen LogP contribution in [-0.4, -0.2) is 71.4 Å². The lowest BCUT2D eigenvalue weighted by Gasteiger charge is -2.29. The molecule has 7 aromatic carbocycles. The Morgan fingerprint density at radius 3 is 0.968 bits per heavy atom. The molecule has 0 aromatic heterocycles. The second kappa shape index (κ2) is 22.2. The predicted octanol–water partition coefficient (Wildman–Crippen LogP) is 10.6. The van der Waals surface area contributed by atoms with Crippen LogP contribution in [0.4, 0.5) is 0 Å². The molecule has 2 aliphatic heterocycles. The number of hydrogen-bond donors (Lipinski definition) is 2. The van der Waals surface area contributed by atoms with Gasteiger partial charge >= 0.3 is 0 Å². The van der Waals surface area contributed by atoms with E-state index in [1.165, 1.54) is 20.9 Å². The first-order chi connectivity index (χ1) is 30.1. The monoisotopic (exact) mass is 848 g/mol. The Kier molecular flexibility index (Phi) is 17.2. The fraction of sp³-hybridized carbons (Fsp3) is 0.283. The number of amides is 6. The van der Waals surface area contributed by atoms with Gasteiger partial charge in [0.25, 0.3) is 23.6 Å². The Balaban J connectivity index is 0.000000249. The normalized spacial score (nSPS) is 12.3. The fourth-order valence-electron chi connectivity index (χ4n) is 8.03. The first-order valence-electron chi connectivity index (χ1n) is 21.7. The van der Waals surface area contributed by atoms with E-state index in [1.54, 1.807) is 38.1 Å². The molecule has 0 spiro atoms. The second-order valence-electron chi connectivity index (χ2n) is 14.1. The molecular weight excluding hydrogens is 789 g/mol. The highest BCUT2D eigenvalue weighted by Gasteiger charge is 2.36. The third-order valence-corrected chi connectivity index (χ3v) is 10.6. The molecule has 0 unspecified atom stereocenters. The van der Waals surface area contributed by atoms with Crippen molar-refractivity contribution >= 4 is 78.5 Å². The van der Waals surface area contributed by atoms with Crippen molar-refractivity contribution in [1.82, 2.24) is 20.4 Å². The number of nitrogens with one attached hydrogen (secondary N) is 2. The number of hydrogen-bond acceptors (Lipinski definition) is 6. The molecule has 328 valence electrons. The summed E-state index contributed by atoms with van der Waals surface area (Å²) in [6.45, 7) is 17.0. The summed E-state index contributed by atoms with van der Waals surface area (Å²) >= 11 is 0. The molecule has 6 amide bonds. The average Bonchev–Trinajstić information content (AvgIpc) is 3.30. The lowest BCUT2D eigenvalue weighted by molar-refractivity contribution is -0.129. The molecule has 7 aromatic rings. The van der Waals surface area contributed by atoms with Gasteiger partial charge in [-0.05, 0) is 102 Å². The van der Waals surface area contributed by atoms with Crippen LogP contribution in [0.1, 0.15) is 122 Å². The lowest BCUT2D eigenvalue weighted by atomic mass is 9.82. The van der Waals surface area contributed by atoms with Gasteiger partial charge in [0.05, 0.1) is 0 Å². The largest absolute Gasteiger partial charge is 0.356 e. The van der Waals surface area contributed by atoms with E-state index >= 15 is 0 Å². The van der Waals surface area contributed by atoms with Crippen molar-refractivity contribution in [2.75, 3.05) is 26.2 Å². The SMILES string of the molecule is C.CC.CC.CCN1C(=O)c2ccc3c4ccc5c6c(ccc(c7ccc(c2c37)C1=O)c64)C(=O)N(CC)C5=O.CCNC(=O)CC(=O)NCC.c1ccc(Cc2ccccc2)cc1. The van der Waals surface area contributed by atoms with E-state index in [4.69, 9.17) is 0 Å². The molecule has 9 rings (SSSR count).